The van der Waals surface area contributed by atoms with E-state index in [2.05, 4.69) is 4.99 Å². The molecule has 0 unspecified atom stereocenters. The third-order valence-corrected chi connectivity index (χ3v) is 3.26. The van der Waals surface area contributed by atoms with Crippen LogP contribution in [0.25, 0.3) is 10.8 Å². The fourth-order valence-corrected chi connectivity index (χ4v) is 1.96. The first kappa shape index (κ1) is 13.6. The molecule has 0 aromatic heterocycles. The highest BCUT2D eigenvalue weighted by Crippen LogP contribution is 2.23. The fraction of sp³-hybridized carbons (Fsp3) is 0.312. The Kier molecular flexibility index (Phi) is 4.17. The summed E-state index contributed by atoms with van der Waals surface area (Å²) >= 11 is 0. The standard InChI is InChI=1S/C16H19NO2/c1-11(2)15(10-18)17-9-14-7-12-5-3-4-6-13(12)8-16(14)19/h3-9,11,15,18-19H,10H2,1-2H3/t15-/m1/s1. The maximum atomic E-state index is 9.98. The second kappa shape index (κ2) is 5.85. The lowest BCUT2D eigenvalue weighted by Gasteiger charge is -2.12. The topological polar surface area (TPSA) is 52.8 Å². The first-order chi connectivity index (χ1) is 9.11. The molecule has 0 aliphatic heterocycles. The van der Waals surface area contributed by atoms with E-state index in [1.54, 1.807) is 12.3 Å². The molecule has 3 nitrogen and oxygen atoms in total. The molecular weight excluding hydrogens is 238 g/mol. The molecule has 1 atom stereocenters. The number of phenols is 1. The summed E-state index contributed by atoms with van der Waals surface area (Å²) in [6, 6.07) is 11.4. The lowest BCUT2D eigenvalue weighted by atomic mass is 10.0. The van der Waals surface area contributed by atoms with Crippen LogP contribution in [0.1, 0.15) is 19.4 Å². The van der Waals surface area contributed by atoms with Gasteiger partial charge in [-0.2, -0.15) is 0 Å². The number of benzene rings is 2. The van der Waals surface area contributed by atoms with E-state index in [1.165, 1.54) is 0 Å². The van der Waals surface area contributed by atoms with Crippen LogP contribution in [0, 0.1) is 5.92 Å². The van der Waals surface area contributed by atoms with Gasteiger partial charge >= 0.3 is 0 Å². The monoisotopic (exact) mass is 257 g/mol. The smallest absolute Gasteiger partial charge is 0.124 e. The van der Waals surface area contributed by atoms with E-state index in [1.807, 2.05) is 44.2 Å². The molecule has 0 heterocycles. The van der Waals surface area contributed by atoms with Crippen molar-refractivity contribution in [3.05, 3.63) is 42.0 Å². The van der Waals surface area contributed by atoms with Crippen molar-refractivity contribution in [3.63, 3.8) is 0 Å². The van der Waals surface area contributed by atoms with Crippen LogP contribution in [-0.2, 0) is 0 Å². The minimum absolute atomic E-state index is 0.0164. The van der Waals surface area contributed by atoms with E-state index in [0.717, 1.165) is 10.8 Å². The number of fused-ring (bicyclic) bond motifs is 1. The van der Waals surface area contributed by atoms with Crippen LogP contribution in [0.2, 0.25) is 0 Å². The number of rotatable bonds is 4. The number of aliphatic hydroxyl groups excluding tert-OH is 1. The molecule has 0 amide bonds. The minimum Gasteiger partial charge on any atom is -0.507 e. The van der Waals surface area contributed by atoms with Gasteiger partial charge in [0.05, 0.1) is 12.6 Å². The number of aromatic hydroxyl groups is 1. The average Bonchev–Trinajstić information content (AvgIpc) is 2.39. The van der Waals surface area contributed by atoms with Gasteiger partial charge in [0.25, 0.3) is 0 Å². The van der Waals surface area contributed by atoms with Gasteiger partial charge in [-0.25, -0.2) is 0 Å². The van der Waals surface area contributed by atoms with Crippen molar-refractivity contribution in [1.82, 2.24) is 0 Å². The number of hydrogen-bond acceptors (Lipinski definition) is 3. The Morgan fingerprint density at radius 1 is 1.16 bits per heavy atom. The Morgan fingerprint density at radius 3 is 2.37 bits per heavy atom. The molecular formula is C16H19NO2. The molecule has 0 spiro atoms. The lowest BCUT2D eigenvalue weighted by Crippen LogP contribution is -2.17. The van der Waals surface area contributed by atoms with Gasteiger partial charge in [-0.15, -0.1) is 0 Å². The van der Waals surface area contributed by atoms with Crippen LogP contribution in [0.3, 0.4) is 0 Å². The highest BCUT2D eigenvalue weighted by Gasteiger charge is 2.09. The van der Waals surface area contributed by atoms with Crippen molar-refractivity contribution in [3.8, 4) is 5.75 Å². The quantitative estimate of drug-likeness (QED) is 0.827. The van der Waals surface area contributed by atoms with E-state index in [4.69, 9.17) is 0 Å². The van der Waals surface area contributed by atoms with Gasteiger partial charge in [-0.3, -0.25) is 4.99 Å². The second-order valence-corrected chi connectivity index (χ2v) is 5.03. The van der Waals surface area contributed by atoms with Crippen LogP contribution in [-0.4, -0.2) is 29.1 Å². The van der Waals surface area contributed by atoms with Gasteiger partial charge in [-0.05, 0) is 28.8 Å². The van der Waals surface area contributed by atoms with Gasteiger partial charge in [0.2, 0.25) is 0 Å². The molecule has 0 fully saturated rings. The van der Waals surface area contributed by atoms with E-state index < -0.39 is 0 Å². The summed E-state index contributed by atoms with van der Waals surface area (Å²) in [5, 5.41) is 21.3. The van der Waals surface area contributed by atoms with Gasteiger partial charge in [0.1, 0.15) is 5.75 Å². The molecule has 2 N–H and O–H groups in total. The molecule has 0 saturated heterocycles. The highest BCUT2D eigenvalue weighted by molar-refractivity contribution is 5.93. The number of phenolic OH excluding ortho intramolecular Hbond substituents is 1. The van der Waals surface area contributed by atoms with Crippen molar-refractivity contribution in [1.29, 1.82) is 0 Å². The maximum Gasteiger partial charge on any atom is 0.124 e. The fourth-order valence-electron chi connectivity index (χ4n) is 1.96. The Labute approximate surface area is 113 Å². The van der Waals surface area contributed by atoms with Crippen molar-refractivity contribution in [2.24, 2.45) is 10.9 Å². The molecule has 19 heavy (non-hydrogen) atoms. The van der Waals surface area contributed by atoms with Gasteiger partial charge in [0.15, 0.2) is 0 Å². The van der Waals surface area contributed by atoms with Crippen molar-refractivity contribution >= 4 is 17.0 Å². The Hall–Kier alpha value is -1.87. The minimum atomic E-state index is -0.133. The summed E-state index contributed by atoms with van der Waals surface area (Å²) in [5.41, 5.74) is 0.679. The molecule has 2 rings (SSSR count). The third-order valence-electron chi connectivity index (χ3n) is 3.26. The number of hydrogen-bond donors (Lipinski definition) is 2. The first-order valence-electron chi connectivity index (χ1n) is 6.47. The number of aliphatic hydroxyl groups is 1. The summed E-state index contributed by atoms with van der Waals surface area (Å²) in [6.07, 6.45) is 1.64. The molecule has 0 aliphatic rings. The third kappa shape index (κ3) is 3.12. The zero-order chi connectivity index (χ0) is 13.8. The van der Waals surface area contributed by atoms with Crippen LogP contribution in [0.15, 0.2) is 41.4 Å². The number of nitrogens with zero attached hydrogens (tertiary/aromatic N) is 1. The van der Waals surface area contributed by atoms with E-state index in [-0.39, 0.29) is 24.3 Å². The predicted molar refractivity (Wildman–Crippen MR) is 78.9 cm³/mol. The molecule has 0 saturated carbocycles. The van der Waals surface area contributed by atoms with E-state index in [0.29, 0.717) is 5.56 Å². The van der Waals surface area contributed by atoms with Crippen molar-refractivity contribution in [2.75, 3.05) is 6.61 Å². The average molecular weight is 257 g/mol. The molecule has 2 aromatic rings. The number of aliphatic imine (C=N–C) groups is 1. The molecule has 3 heteroatoms. The van der Waals surface area contributed by atoms with Crippen molar-refractivity contribution < 1.29 is 10.2 Å². The van der Waals surface area contributed by atoms with E-state index >= 15 is 0 Å². The normalized spacial score (nSPS) is 13.5. The first-order valence-corrected chi connectivity index (χ1v) is 6.47. The zero-order valence-electron chi connectivity index (χ0n) is 11.2. The van der Waals surface area contributed by atoms with Crippen LogP contribution in [0.5, 0.6) is 5.75 Å². The Morgan fingerprint density at radius 2 is 1.79 bits per heavy atom. The SMILES string of the molecule is CC(C)[C@@H](CO)N=Cc1cc2ccccc2cc1O. The maximum absolute atomic E-state index is 9.98. The summed E-state index contributed by atoms with van der Waals surface area (Å²) in [5.74, 6) is 0.478. The van der Waals surface area contributed by atoms with E-state index in [9.17, 15) is 10.2 Å². The van der Waals surface area contributed by atoms with Crippen LogP contribution < -0.4 is 0 Å². The predicted octanol–water partition coefficient (Wildman–Crippen LogP) is 2.98. The van der Waals surface area contributed by atoms with Gasteiger partial charge in [0, 0.05) is 11.8 Å². The second-order valence-electron chi connectivity index (χ2n) is 5.03. The van der Waals surface area contributed by atoms with Crippen LogP contribution >= 0.6 is 0 Å². The molecule has 0 aliphatic carbocycles. The van der Waals surface area contributed by atoms with Crippen LogP contribution in [0.4, 0.5) is 0 Å². The lowest BCUT2D eigenvalue weighted by molar-refractivity contribution is 0.240. The summed E-state index contributed by atoms with van der Waals surface area (Å²) in [7, 11) is 0. The van der Waals surface area contributed by atoms with Crippen molar-refractivity contribution in [2.45, 2.75) is 19.9 Å². The van der Waals surface area contributed by atoms with Gasteiger partial charge in [-0.1, -0.05) is 38.1 Å². The highest BCUT2D eigenvalue weighted by atomic mass is 16.3. The summed E-state index contributed by atoms with van der Waals surface area (Å²) in [6.45, 7) is 4.04. The molecule has 2 aromatic carbocycles. The molecule has 0 radical (unpaired) electrons. The molecule has 0 bridgehead atoms. The summed E-state index contributed by atoms with van der Waals surface area (Å²) in [4.78, 5) is 4.34. The Balaban J connectivity index is 2.34. The zero-order valence-corrected chi connectivity index (χ0v) is 11.2. The summed E-state index contributed by atoms with van der Waals surface area (Å²) < 4.78 is 0. The Bertz CT molecular complexity index is 590. The molecule has 100 valence electrons. The largest absolute Gasteiger partial charge is 0.507 e. The van der Waals surface area contributed by atoms with Gasteiger partial charge < -0.3 is 10.2 Å².